The third-order valence-electron chi connectivity index (χ3n) is 3.90. The second kappa shape index (κ2) is 9.47. The standard InChI is InChI=1S/C20H24N2O3/c1-15-8-6-7-11-18(15)12-13-21-19(23)16(2)22-20(24)25-14-17-9-4-3-5-10-17/h3-11,16H,12-14H2,1-2H3,(H,21,23)(H,22,24)/t16-/m1/s1. The van der Waals surface area contributed by atoms with Crippen molar-refractivity contribution in [3.05, 3.63) is 71.3 Å². The summed E-state index contributed by atoms with van der Waals surface area (Å²) in [5.74, 6) is -0.231. The molecule has 0 aliphatic carbocycles. The molecule has 0 aromatic heterocycles. The number of hydrogen-bond donors (Lipinski definition) is 2. The van der Waals surface area contributed by atoms with Gasteiger partial charge < -0.3 is 15.4 Å². The van der Waals surface area contributed by atoms with Gasteiger partial charge >= 0.3 is 6.09 Å². The minimum absolute atomic E-state index is 0.175. The van der Waals surface area contributed by atoms with Crippen molar-refractivity contribution in [3.8, 4) is 0 Å². The normalized spacial score (nSPS) is 11.4. The fourth-order valence-corrected chi connectivity index (χ4v) is 2.37. The molecule has 2 N–H and O–H groups in total. The summed E-state index contributed by atoms with van der Waals surface area (Å²) in [5.41, 5.74) is 3.30. The molecule has 25 heavy (non-hydrogen) atoms. The van der Waals surface area contributed by atoms with Gasteiger partial charge in [0.25, 0.3) is 0 Å². The molecule has 0 unspecified atom stereocenters. The molecule has 0 aliphatic heterocycles. The summed E-state index contributed by atoms with van der Waals surface area (Å²) in [7, 11) is 0. The smallest absolute Gasteiger partial charge is 0.408 e. The summed E-state index contributed by atoms with van der Waals surface area (Å²) in [5, 5.41) is 5.36. The molecule has 0 radical (unpaired) electrons. The average molecular weight is 340 g/mol. The zero-order chi connectivity index (χ0) is 18.1. The predicted molar refractivity (Wildman–Crippen MR) is 97.1 cm³/mol. The Morgan fingerprint density at radius 2 is 1.72 bits per heavy atom. The number of aryl methyl sites for hydroxylation is 1. The Morgan fingerprint density at radius 3 is 2.44 bits per heavy atom. The molecule has 0 fully saturated rings. The van der Waals surface area contributed by atoms with E-state index in [1.54, 1.807) is 6.92 Å². The highest BCUT2D eigenvalue weighted by atomic mass is 16.5. The maximum atomic E-state index is 12.0. The lowest BCUT2D eigenvalue weighted by Crippen LogP contribution is -2.45. The Morgan fingerprint density at radius 1 is 1.04 bits per heavy atom. The van der Waals surface area contributed by atoms with Crippen LogP contribution in [-0.2, 0) is 22.6 Å². The van der Waals surface area contributed by atoms with E-state index in [0.29, 0.717) is 6.54 Å². The Balaban J connectivity index is 1.69. The van der Waals surface area contributed by atoms with E-state index in [4.69, 9.17) is 4.74 Å². The van der Waals surface area contributed by atoms with Gasteiger partial charge in [0.15, 0.2) is 0 Å². The molecule has 1 atom stereocenters. The summed E-state index contributed by atoms with van der Waals surface area (Å²) in [6.45, 7) is 4.38. The lowest BCUT2D eigenvalue weighted by molar-refractivity contribution is -0.122. The first-order valence-corrected chi connectivity index (χ1v) is 8.35. The van der Waals surface area contributed by atoms with E-state index >= 15 is 0 Å². The number of carbonyl (C=O) groups is 2. The van der Waals surface area contributed by atoms with E-state index < -0.39 is 12.1 Å². The first kappa shape index (κ1) is 18.5. The molecule has 0 aliphatic rings. The highest BCUT2D eigenvalue weighted by Crippen LogP contribution is 2.06. The van der Waals surface area contributed by atoms with Gasteiger partial charge in [-0.2, -0.15) is 0 Å². The molecule has 132 valence electrons. The first-order chi connectivity index (χ1) is 12.1. The van der Waals surface area contributed by atoms with E-state index in [9.17, 15) is 9.59 Å². The quantitative estimate of drug-likeness (QED) is 0.814. The van der Waals surface area contributed by atoms with Crippen molar-refractivity contribution in [2.45, 2.75) is 32.9 Å². The lowest BCUT2D eigenvalue weighted by Gasteiger charge is -2.14. The summed E-state index contributed by atoms with van der Waals surface area (Å²) in [6, 6.07) is 16.8. The molecule has 5 heteroatoms. The number of hydrogen-bond acceptors (Lipinski definition) is 3. The monoisotopic (exact) mass is 340 g/mol. The lowest BCUT2D eigenvalue weighted by atomic mass is 10.1. The minimum Gasteiger partial charge on any atom is -0.445 e. The minimum atomic E-state index is -0.653. The van der Waals surface area contributed by atoms with E-state index in [1.165, 1.54) is 11.1 Å². The van der Waals surface area contributed by atoms with Gasteiger partial charge in [-0.15, -0.1) is 0 Å². The largest absolute Gasteiger partial charge is 0.445 e. The fourth-order valence-electron chi connectivity index (χ4n) is 2.37. The summed E-state index contributed by atoms with van der Waals surface area (Å²) >= 11 is 0. The van der Waals surface area contributed by atoms with Crippen molar-refractivity contribution in [1.29, 1.82) is 0 Å². The number of ether oxygens (including phenoxy) is 1. The molecular weight excluding hydrogens is 316 g/mol. The summed E-state index contributed by atoms with van der Waals surface area (Å²) < 4.78 is 5.11. The van der Waals surface area contributed by atoms with Crippen LogP contribution >= 0.6 is 0 Å². The summed E-state index contributed by atoms with van der Waals surface area (Å²) in [6.07, 6.45) is 0.147. The van der Waals surface area contributed by atoms with Gasteiger partial charge in [-0.1, -0.05) is 54.6 Å². The molecule has 0 bridgehead atoms. The topological polar surface area (TPSA) is 67.4 Å². The van der Waals surface area contributed by atoms with Crippen molar-refractivity contribution < 1.29 is 14.3 Å². The molecular formula is C20H24N2O3. The van der Waals surface area contributed by atoms with Crippen LogP contribution in [0.5, 0.6) is 0 Å². The Bertz CT molecular complexity index is 701. The number of rotatable bonds is 7. The number of benzene rings is 2. The molecule has 0 saturated carbocycles. The van der Waals surface area contributed by atoms with Gasteiger partial charge in [-0.25, -0.2) is 4.79 Å². The van der Waals surface area contributed by atoms with Crippen LogP contribution in [0.2, 0.25) is 0 Å². The van der Waals surface area contributed by atoms with Gasteiger partial charge in [0, 0.05) is 6.54 Å². The molecule has 2 aromatic carbocycles. The molecule has 0 saturated heterocycles. The fraction of sp³-hybridized carbons (Fsp3) is 0.300. The van der Waals surface area contributed by atoms with Gasteiger partial charge in [-0.05, 0) is 37.0 Å². The van der Waals surface area contributed by atoms with Crippen LogP contribution < -0.4 is 10.6 Å². The van der Waals surface area contributed by atoms with Crippen molar-refractivity contribution in [2.24, 2.45) is 0 Å². The second-order valence-corrected chi connectivity index (χ2v) is 5.90. The molecule has 2 rings (SSSR count). The highest BCUT2D eigenvalue weighted by Gasteiger charge is 2.15. The molecule has 2 aromatic rings. The zero-order valence-corrected chi connectivity index (χ0v) is 14.6. The van der Waals surface area contributed by atoms with E-state index in [0.717, 1.165) is 12.0 Å². The second-order valence-electron chi connectivity index (χ2n) is 5.90. The van der Waals surface area contributed by atoms with Gasteiger partial charge in [0.05, 0.1) is 0 Å². The third kappa shape index (κ3) is 6.30. The van der Waals surface area contributed by atoms with Crippen LogP contribution in [-0.4, -0.2) is 24.6 Å². The van der Waals surface area contributed by atoms with Crippen LogP contribution in [0.15, 0.2) is 54.6 Å². The third-order valence-corrected chi connectivity index (χ3v) is 3.90. The predicted octanol–water partition coefficient (Wildman–Crippen LogP) is 2.97. The van der Waals surface area contributed by atoms with Gasteiger partial charge in [0.1, 0.15) is 12.6 Å². The highest BCUT2D eigenvalue weighted by molar-refractivity contribution is 5.85. The number of alkyl carbamates (subject to hydrolysis) is 1. The Labute approximate surface area is 148 Å². The van der Waals surface area contributed by atoms with E-state index in [2.05, 4.69) is 10.6 Å². The van der Waals surface area contributed by atoms with Crippen LogP contribution in [0.4, 0.5) is 4.79 Å². The van der Waals surface area contributed by atoms with Crippen LogP contribution in [0, 0.1) is 6.92 Å². The molecule has 2 amide bonds. The van der Waals surface area contributed by atoms with Crippen molar-refractivity contribution in [2.75, 3.05) is 6.54 Å². The zero-order valence-electron chi connectivity index (χ0n) is 14.6. The maximum Gasteiger partial charge on any atom is 0.408 e. The molecule has 0 heterocycles. The van der Waals surface area contributed by atoms with Gasteiger partial charge in [0.2, 0.25) is 5.91 Å². The maximum absolute atomic E-state index is 12.0. The van der Waals surface area contributed by atoms with Crippen molar-refractivity contribution >= 4 is 12.0 Å². The summed E-state index contributed by atoms with van der Waals surface area (Å²) in [4.78, 5) is 23.8. The van der Waals surface area contributed by atoms with Crippen molar-refractivity contribution in [3.63, 3.8) is 0 Å². The van der Waals surface area contributed by atoms with Crippen molar-refractivity contribution in [1.82, 2.24) is 10.6 Å². The molecule has 5 nitrogen and oxygen atoms in total. The van der Waals surface area contributed by atoms with E-state index in [1.807, 2.05) is 61.5 Å². The van der Waals surface area contributed by atoms with Crippen LogP contribution in [0.25, 0.3) is 0 Å². The Kier molecular flexibility index (Phi) is 7.01. The Hall–Kier alpha value is -2.82. The number of carbonyl (C=O) groups excluding carboxylic acids is 2. The SMILES string of the molecule is Cc1ccccc1CCNC(=O)[C@@H](C)NC(=O)OCc1ccccc1. The number of nitrogens with one attached hydrogen (secondary N) is 2. The molecule has 0 spiro atoms. The van der Waals surface area contributed by atoms with Gasteiger partial charge in [-0.3, -0.25) is 4.79 Å². The van der Waals surface area contributed by atoms with Crippen LogP contribution in [0.1, 0.15) is 23.6 Å². The van der Waals surface area contributed by atoms with E-state index in [-0.39, 0.29) is 12.5 Å². The average Bonchev–Trinajstić information content (AvgIpc) is 2.62. The number of amides is 2. The first-order valence-electron chi connectivity index (χ1n) is 8.35. The van der Waals surface area contributed by atoms with Crippen LogP contribution in [0.3, 0.4) is 0 Å².